The molecule has 0 amide bonds. The third-order valence-electron chi connectivity index (χ3n) is 3.09. The van der Waals surface area contributed by atoms with Crippen LogP contribution in [0.3, 0.4) is 0 Å². The monoisotopic (exact) mass is 195 g/mol. The predicted molar refractivity (Wildman–Crippen MR) is 59.0 cm³/mol. The summed E-state index contributed by atoms with van der Waals surface area (Å²) in [5.74, 6) is 0.481. The number of nitrogens with two attached hydrogens (primary N) is 1. The molecule has 3 nitrogen and oxygen atoms in total. The summed E-state index contributed by atoms with van der Waals surface area (Å²) in [7, 11) is 1.93. The van der Waals surface area contributed by atoms with Crippen LogP contribution in [0.4, 0.5) is 0 Å². The quantitative estimate of drug-likeness (QED) is 0.795. The molecule has 2 N–H and O–H groups in total. The topological polar surface area (TPSA) is 43.8 Å². The van der Waals surface area contributed by atoms with E-state index in [4.69, 9.17) is 5.73 Å². The average molecular weight is 195 g/mol. The summed E-state index contributed by atoms with van der Waals surface area (Å²) in [5.41, 5.74) is 7.30. The fourth-order valence-electron chi connectivity index (χ4n) is 1.63. The predicted octanol–water partition coefficient (Wildman–Crippen LogP) is 1.73. The molecule has 1 rings (SSSR count). The molecular formula is C11H21N3. The first-order valence-electron chi connectivity index (χ1n) is 5.25. The molecule has 1 heterocycles. The molecule has 0 saturated heterocycles. The van der Waals surface area contributed by atoms with Crippen LogP contribution in [0, 0.1) is 5.92 Å². The molecule has 0 aliphatic carbocycles. The smallest absolute Gasteiger partial charge is 0.0642 e. The highest BCUT2D eigenvalue weighted by Crippen LogP contribution is 2.22. The van der Waals surface area contributed by atoms with Crippen molar-refractivity contribution in [2.45, 2.75) is 39.2 Å². The van der Waals surface area contributed by atoms with Crippen molar-refractivity contribution in [1.29, 1.82) is 0 Å². The molecule has 0 aromatic carbocycles. The van der Waals surface area contributed by atoms with Gasteiger partial charge in [-0.2, -0.15) is 5.10 Å². The molecule has 0 bridgehead atoms. The Labute approximate surface area is 86.3 Å². The minimum atomic E-state index is -0.117. The standard InChI is InChI=1S/C11H21N3/c1-5-11(12,9(2)3)8-10-6-7-14(4)13-10/h6-7,9H,5,8,12H2,1-4H3. The van der Waals surface area contributed by atoms with Gasteiger partial charge in [0.25, 0.3) is 0 Å². The van der Waals surface area contributed by atoms with E-state index in [9.17, 15) is 0 Å². The minimum Gasteiger partial charge on any atom is -0.325 e. The van der Waals surface area contributed by atoms with Gasteiger partial charge in [0.05, 0.1) is 5.69 Å². The Kier molecular flexibility index (Phi) is 3.32. The highest BCUT2D eigenvalue weighted by molar-refractivity contribution is 5.06. The van der Waals surface area contributed by atoms with E-state index < -0.39 is 0 Å². The van der Waals surface area contributed by atoms with Gasteiger partial charge in [0.15, 0.2) is 0 Å². The van der Waals surface area contributed by atoms with Crippen molar-refractivity contribution < 1.29 is 0 Å². The van der Waals surface area contributed by atoms with Crippen molar-refractivity contribution in [1.82, 2.24) is 9.78 Å². The Hall–Kier alpha value is -0.830. The number of hydrogen-bond donors (Lipinski definition) is 1. The van der Waals surface area contributed by atoms with E-state index >= 15 is 0 Å². The second-order valence-corrected chi connectivity index (χ2v) is 4.40. The van der Waals surface area contributed by atoms with Crippen LogP contribution in [0.2, 0.25) is 0 Å². The zero-order chi connectivity index (χ0) is 10.8. The zero-order valence-corrected chi connectivity index (χ0v) is 9.62. The fraction of sp³-hybridized carbons (Fsp3) is 0.727. The Morgan fingerprint density at radius 2 is 2.21 bits per heavy atom. The summed E-state index contributed by atoms with van der Waals surface area (Å²) in [4.78, 5) is 0. The van der Waals surface area contributed by atoms with Gasteiger partial charge in [0.1, 0.15) is 0 Å². The minimum absolute atomic E-state index is 0.117. The van der Waals surface area contributed by atoms with Crippen LogP contribution in [0.5, 0.6) is 0 Å². The van der Waals surface area contributed by atoms with Crippen LogP contribution < -0.4 is 5.73 Å². The lowest BCUT2D eigenvalue weighted by Crippen LogP contribution is -2.46. The van der Waals surface area contributed by atoms with Crippen LogP contribution in [-0.2, 0) is 13.5 Å². The molecule has 0 saturated carbocycles. The summed E-state index contributed by atoms with van der Waals surface area (Å²) in [6.45, 7) is 6.49. The van der Waals surface area contributed by atoms with E-state index in [1.165, 1.54) is 0 Å². The van der Waals surface area contributed by atoms with Crippen molar-refractivity contribution in [3.05, 3.63) is 18.0 Å². The average Bonchev–Trinajstić information content (AvgIpc) is 2.50. The van der Waals surface area contributed by atoms with Gasteiger partial charge >= 0.3 is 0 Å². The van der Waals surface area contributed by atoms with Gasteiger partial charge in [0.2, 0.25) is 0 Å². The SMILES string of the molecule is CCC(N)(Cc1ccn(C)n1)C(C)C. The van der Waals surface area contributed by atoms with Gasteiger partial charge in [-0.25, -0.2) is 0 Å². The maximum atomic E-state index is 6.33. The summed E-state index contributed by atoms with van der Waals surface area (Å²) in [6.07, 6.45) is 3.81. The summed E-state index contributed by atoms with van der Waals surface area (Å²) < 4.78 is 1.83. The summed E-state index contributed by atoms with van der Waals surface area (Å²) >= 11 is 0. The molecule has 0 aliphatic heterocycles. The molecule has 80 valence electrons. The first-order valence-corrected chi connectivity index (χ1v) is 5.25. The van der Waals surface area contributed by atoms with Crippen LogP contribution in [0.1, 0.15) is 32.9 Å². The highest BCUT2D eigenvalue weighted by Gasteiger charge is 2.27. The van der Waals surface area contributed by atoms with E-state index in [0.717, 1.165) is 18.5 Å². The lowest BCUT2D eigenvalue weighted by Gasteiger charge is -2.31. The van der Waals surface area contributed by atoms with Crippen molar-refractivity contribution in [2.24, 2.45) is 18.7 Å². The maximum Gasteiger partial charge on any atom is 0.0642 e. The molecule has 1 unspecified atom stereocenters. The number of nitrogens with zero attached hydrogens (tertiary/aromatic N) is 2. The van der Waals surface area contributed by atoms with Gasteiger partial charge in [-0.05, 0) is 18.4 Å². The number of hydrogen-bond acceptors (Lipinski definition) is 2. The molecule has 1 aromatic heterocycles. The number of aromatic nitrogens is 2. The highest BCUT2D eigenvalue weighted by atomic mass is 15.2. The Bertz CT molecular complexity index is 290. The lowest BCUT2D eigenvalue weighted by molar-refractivity contribution is 0.293. The summed E-state index contributed by atoms with van der Waals surface area (Å²) in [6, 6.07) is 2.04. The molecule has 1 atom stereocenters. The third kappa shape index (κ3) is 2.35. The van der Waals surface area contributed by atoms with E-state index in [1.807, 2.05) is 24.0 Å². The second kappa shape index (κ2) is 4.13. The summed E-state index contributed by atoms with van der Waals surface area (Å²) in [5, 5.41) is 4.36. The molecule has 0 spiro atoms. The molecule has 3 heteroatoms. The first kappa shape index (κ1) is 11.2. The Morgan fingerprint density at radius 1 is 1.57 bits per heavy atom. The van der Waals surface area contributed by atoms with Crippen molar-refractivity contribution in [2.75, 3.05) is 0 Å². The largest absolute Gasteiger partial charge is 0.325 e. The van der Waals surface area contributed by atoms with Crippen LogP contribution in [0.25, 0.3) is 0 Å². The van der Waals surface area contributed by atoms with Crippen molar-refractivity contribution in [3.63, 3.8) is 0 Å². The molecule has 0 aliphatic rings. The molecule has 0 radical (unpaired) electrons. The maximum absolute atomic E-state index is 6.33. The zero-order valence-electron chi connectivity index (χ0n) is 9.62. The van der Waals surface area contributed by atoms with Crippen molar-refractivity contribution >= 4 is 0 Å². The van der Waals surface area contributed by atoms with E-state index in [-0.39, 0.29) is 5.54 Å². The van der Waals surface area contributed by atoms with Crippen molar-refractivity contribution in [3.8, 4) is 0 Å². The molecule has 14 heavy (non-hydrogen) atoms. The molecular weight excluding hydrogens is 174 g/mol. The van der Waals surface area contributed by atoms with Crippen LogP contribution >= 0.6 is 0 Å². The van der Waals surface area contributed by atoms with Gasteiger partial charge in [-0.1, -0.05) is 20.8 Å². The normalized spacial score (nSPS) is 15.9. The van der Waals surface area contributed by atoms with Gasteiger partial charge in [0, 0.05) is 25.2 Å². The van der Waals surface area contributed by atoms with Gasteiger partial charge < -0.3 is 5.73 Å². The number of rotatable bonds is 4. The van der Waals surface area contributed by atoms with Gasteiger partial charge in [-0.15, -0.1) is 0 Å². The van der Waals surface area contributed by atoms with Gasteiger partial charge in [-0.3, -0.25) is 4.68 Å². The Balaban J connectivity index is 2.75. The molecule has 0 fully saturated rings. The second-order valence-electron chi connectivity index (χ2n) is 4.40. The first-order chi connectivity index (χ1) is 6.48. The van der Waals surface area contributed by atoms with E-state index in [1.54, 1.807) is 0 Å². The van der Waals surface area contributed by atoms with Crippen LogP contribution in [-0.4, -0.2) is 15.3 Å². The van der Waals surface area contributed by atoms with E-state index in [2.05, 4.69) is 25.9 Å². The number of aryl methyl sites for hydroxylation is 1. The van der Waals surface area contributed by atoms with Crippen LogP contribution in [0.15, 0.2) is 12.3 Å². The Morgan fingerprint density at radius 3 is 2.57 bits per heavy atom. The van der Waals surface area contributed by atoms with E-state index in [0.29, 0.717) is 5.92 Å². The lowest BCUT2D eigenvalue weighted by atomic mass is 9.81. The third-order valence-corrected chi connectivity index (χ3v) is 3.09. The fourth-order valence-corrected chi connectivity index (χ4v) is 1.63. The molecule has 1 aromatic rings.